The average Bonchev–Trinajstić information content (AvgIpc) is 2.82. The fraction of sp³-hybridized carbons (Fsp3) is 0.400. The van der Waals surface area contributed by atoms with Crippen molar-refractivity contribution >= 4 is 0 Å². The Morgan fingerprint density at radius 1 is 1.26 bits per heavy atom. The second-order valence-corrected chi connectivity index (χ2v) is 4.63. The van der Waals surface area contributed by atoms with Gasteiger partial charge >= 0.3 is 0 Å². The molecular weight excluding hydrogens is 238 g/mol. The summed E-state index contributed by atoms with van der Waals surface area (Å²) in [4.78, 5) is 7.60. The number of hydrogen-bond donors (Lipinski definition) is 2. The van der Waals surface area contributed by atoms with Crippen LogP contribution in [0.4, 0.5) is 0 Å². The van der Waals surface area contributed by atoms with Crippen molar-refractivity contribution in [2.75, 3.05) is 13.2 Å². The molecule has 1 heterocycles. The van der Waals surface area contributed by atoms with Gasteiger partial charge in [0.05, 0.1) is 18.6 Å². The molecule has 0 aliphatic rings. The lowest BCUT2D eigenvalue weighted by Gasteiger charge is -2.12. The van der Waals surface area contributed by atoms with Crippen molar-refractivity contribution in [3.8, 4) is 17.0 Å². The Bertz CT molecular complexity index is 561. The molecule has 0 saturated heterocycles. The molecule has 4 nitrogen and oxygen atoms in total. The Morgan fingerprint density at radius 2 is 2.05 bits per heavy atom. The van der Waals surface area contributed by atoms with Crippen molar-refractivity contribution in [3.05, 3.63) is 35.3 Å². The second kappa shape index (κ2) is 5.89. The number of benzene rings is 1. The Hall–Kier alpha value is -1.81. The van der Waals surface area contributed by atoms with Crippen LogP contribution >= 0.6 is 0 Å². The van der Waals surface area contributed by atoms with Crippen molar-refractivity contribution in [2.45, 2.75) is 27.2 Å². The molecule has 0 aliphatic carbocycles. The van der Waals surface area contributed by atoms with Gasteiger partial charge in [-0.15, -0.1) is 0 Å². The molecule has 3 N–H and O–H groups in total. The van der Waals surface area contributed by atoms with E-state index in [0.717, 1.165) is 34.7 Å². The summed E-state index contributed by atoms with van der Waals surface area (Å²) in [5, 5.41) is 0. The molecule has 19 heavy (non-hydrogen) atoms. The van der Waals surface area contributed by atoms with E-state index in [0.29, 0.717) is 13.2 Å². The number of aromatic nitrogens is 2. The van der Waals surface area contributed by atoms with Gasteiger partial charge in [0.2, 0.25) is 0 Å². The summed E-state index contributed by atoms with van der Waals surface area (Å²) in [7, 11) is 0. The molecule has 0 aliphatic heterocycles. The first-order valence-electron chi connectivity index (χ1n) is 6.64. The number of nitrogens with two attached hydrogens (primary N) is 1. The predicted molar refractivity (Wildman–Crippen MR) is 77.4 cm³/mol. The van der Waals surface area contributed by atoms with Gasteiger partial charge in [0, 0.05) is 17.7 Å². The molecule has 0 bridgehead atoms. The van der Waals surface area contributed by atoms with Gasteiger partial charge in [-0.2, -0.15) is 0 Å². The van der Waals surface area contributed by atoms with E-state index in [1.165, 1.54) is 5.56 Å². The third kappa shape index (κ3) is 2.79. The van der Waals surface area contributed by atoms with Crippen molar-refractivity contribution in [2.24, 2.45) is 5.73 Å². The van der Waals surface area contributed by atoms with Gasteiger partial charge in [-0.3, -0.25) is 0 Å². The number of ether oxygens (including phenoxy) is 1. The highest BCUT2D eigenvalue weighted by Gasteiger charge is 2.12. The summed E-state index contributed by atoms with van der Waals surface area (Å²) in [5.74, 6) is 0.944. The molecular formula is C15H21N3O. The molecule has 4 heteroatoms. The SMILES string of the molecule is CCOc1cc(C)c(-c2nc[nH]c2CCN)cc1C. The molecule has 0 radical (unpaired) electrons. The zero-order valence-electron chi connectivity index (χ0n) is 11.8. The molecule has 2 aromatic rings. The number of H-pyrrole nitrogens is 1. The molecule has 0 unspecified atom stereocenters. The summed E-state index contributed by atoms with van der Waals surface area (Å²) in [6.07, 6.45) is 2.53. The summed E-state index contributed by atoms with van der Waals surface area (Å²) in [6.45, 7) is 7.43. The van der Waals surface area contributed by atoms with E-state index in [-0.39, 0.29) is 0 Å². The van der Waals surface area contributed by atoms with Gasteiger partial charge in [-0.25, -0.2) is 4.98 Å². The van der Waals surface area contributed by atoms with Gasteiger partial charge in [0.15, 0.2) is 0 Å². The molecule has 0 spiro atoms. The minimum absolute atomic E-state index is 0.615. The van der Waals surface area contributed by atoms with Crippen LogP contribution in [0.25, 0.3) is 11.3 Å². The monoisotopic (exact) mass is 259 g/mol. The van der Waals surface area contributed by atoms with Crippen molar-refractivity contribution in [1.82, 2.24) is 9.97 Å². The Kier molecular flexibility index (Phi) is 4.22. The maximum atomic E-state index is 5.63. The number of nitrogens with zero attached hydrogens (tertiary/aromatic N) is 1. The van der Waals surface area contributed by atoms with Crippen molar-refractivity contribution in [1.29, 1.82) is 0 Å². The summed E-state index contributed by atoms with van der Waals surface area (Å²) in [5.41, 5.74) is 11.2. The molecule has 2 rings (SSSR count). The van der Waals surface area contributed by atoms with Crippen LogP contribution in [0.1, 0.15) is 23.7 Å². The summed E-state index contributed by atoms with van der Waals surface area (Å²) < 4.78 is 5.62. The molecule has 102 valence electrons. The molecule has 1 aromatic carbocycles. The van der Waals surface area contributed by atoms with Crippen molar-refractivity contribution in [3.63, 3.8) is 0 Å². The van der Waals surface area contributed by atoms with E-state index >= 15 is 0 Å². The Morgan fingerprint density at radius 3 is 2.74 bits per heavy atom. The highest BCUT2D eigenvalue weighted by molar-refractivity contribution is 5.68. The van der Waals surface area contributed by atoms with Gasteiger partial charge in [-0.05, 0) is 50.6 Å². The first kappa shape index (κ1) is 13.6. The number of rotatable bonds is 5. The Labute approximate surface area is 114 Å². The van der Waals surface area contributed by atoms with Crippen LogP contribution in [0.3, 0.4) is 0 Å². The Balaban J connectivity index is 2.45. The van der Waals surface area contributed by atoms with E-state index in [2.05, 4.69) is 35.9 Å². The van der Waals surface area contributed by atoms with E-state index in [9.17, 15) is 0 Å². The fourth-order valence-corrected chi connectivity index (χ4v) is 2.24. The first-order chi connectivity index (χ1) is 9.17. The molecule has 0 amide bonds. The zero-order chi connectivity index (χ0) is 13.8. The first-order valence-corrected chi connectivity index (χ1v) is 6.64. The topological polar surface area (TPSA) is 63.9 Å². The maximum Gasteiger partial charge on any atom is 0.122 e. The zero-order valence-corrected chi connectivity index (χ0v) is 11.8. The lowest BCUT2D eigenvalue weighted by molar-refractivity contribution is 0.337. The van der Waals surface area contributed by atoms with Crippen LogP contribution in [-0.2, 0) is 6.42 Å². The van der Waals surface area contributed by atoms with E-state index in [1.54, 1.807) is 6.33 Å². The molecule has 0 atom stereocenters. The number of nitrogens with one attached hydrogen (secondary N) is 1. The number of aromatic amines is 1. The third-order valence-corrected chi connectivity index (χ3v) is 3.19. The van der Waals surface area contributed by atoms with E-state index in [4.69, 9.17) is 10.5 Å². The largest absolute Gasteiger partial charge is 0.494 e. The summed E-state index contributed by atoms with van der Waals surface area (Å²) >= 11 is 0. The molecule has 1 aromatic heterocycles. The second-order valence-electron chi connectivity index (χ2n) is 4.63. The highest BCUT2D eigenvalue weighted by Crippen LogP contribution is 2.30. The summed E-state index contributed by atoms with van der Waals surface area (Å²) in [6, 6.07) is 4.21. The van der Waals surface area contributed by atoms with Crippen LogP contribution in [0.15, 0.2) is 18.5 Å². The van der Waals surface area contributed by atoms with E-state index in [1.807, 2.05) is 6.92 Å². The van der Waals surface area contributed by atoms with Gasteiger partial charge < -0.3 is 15.5 Å². The third-order valence-electron chi connectivity index (χ3n) is 3.19. The van der Waals surface area contributed by atoms with Gasteiger partial charge in [0.1, 0.15) is 5.75 Å². The number of imidazole rings is 1. The van der Waals surface area contributed by atoms with Gasteiger partial charge in [0.25, 0.3) is 0 Å². The lowest BCUT2D eigenvalue weighted by Crippen LogP contribution is -2.04. The van der Waals surface area contributed by atoms with Crippen LogP contribution in [0.2, 0.25) is 0 Å². The molecule has 0 saturated carbocycles. The van der Waals surface area contributed by atoms with Crippen LogP contribution in [0.5, 0.6) is 5.75 Å². The quantitative estimate of drug-likeness (QED) is 0.867. The number of aryl methyl sites for hydroxylation is 2. The standard InChI is InChI=1S/C15H21N3O/c1-4-19-14-8-10(2)12(7-11(14)3)15-13(5-6-16)17-9-18-15/h7-9H,4-6,16H2,1-3H3,(H,17,18). The predicted octanol–water partition coefficient (Wildman–Crippen LogP) is 2.59. The van der Waals surface area contributed by atoms with Crippen molar-refractivity contribution < 1.29 is 4.74 Å². The molecule has 0 fully saturated rings. The normalized spacial score (nSPS) is 10.7. The van der Waals surface area contributed by atoms with Crippen LogP contribution in [-0.4, -0.2) is 23.1 Å². The van der Waals surface area contributed by atoms with Crippen LogP contribution < -0.4 is 10.5 Å². The average molecular weight is 259 g/mol. The van der Waals surface area contributed by atoms with Gasteiger partial charge in [-0.1, -0.05) is 0 Å². The van der Waals surface area contributed by atoms with E-state index < -0.39 is 0 Å². The highest BCUT2D eigenvalue weighted by atomic mass is 16.5. The fourth-order valence-electron chi connectivity index (χ4n) is 2.24. The smallest absolute Gasteiger partial charge is 0.122 e. The lowest BCUT2D eigenvalue weighted by atomic mass is 10.00. The number of hydrogen-bond acceptors (Lipinski definition) is 3. The maximum absolute atomic E-state index is 5.63. The minimum atomic E-state index is 0.615. The minimum Gasteiger partial charge on any atom is -0.494 e. The van der Waals surface area contributed by atoms with Crippen LogP contribution in [0, 0.1) is 13.8 Å².